The molecule has 4 rings (SSSR count). The van der Waals surface area contributed by atoms with Crippen LogP contribution in [0.3, 0.4) is 0 Å². The highest BCUT2D eigenvalue weighted by Crippen LogP contribution is 2.36. The first-order valence-corrected chi connectivity index (χ1v) is 9.74. The zero-order valence-corrected chi connectivity index (χ0v) is 16.0. The summed E-state index contributed by atoms with van der Waals surface area (Å²) in [5.41, 5.74) is 7.67. The summed E-state index contributed by atoms with van der Waals surface area (Å²) in [5.74, 6) is -1.58. The number of aliphatic hydroxyl groups excluding tert-OH is 1. The fourth-order valence-corrected chi connectivity index (χ4v) is 4.34. The summed E-state index contributed by atoms with van der Waals surface area (Å²) in [6, 6.07) is -0.538. The van der Waals surface area contributed by atoms with Gasteiger partial charge in [-0.2, -0.15) is 18.3 Å². The van der Waals surface area contributed by atoms with Crippen molar-refractivity contribution >= 4 is 0 Å². The number of nitrogens with zero attached hydrogens (tertiary/aromatic N) is 3. The van der Waals surface area contributed by atoms with E-state index in [0.717, 1.165) is 22.4 Å². The molecule has 3 heterocycles. The van der Waals surface area contributed by atoms with Crippen LogP contribution in [-0.4, -0.2) is 56.9 Å². The number of allylic oxidation sites excluding steroid dienone is 3. The Balaban J connectivity index is 1.34. The molecule has 5 atom stereocenters. The van der Waals surface area contributed by atoms with E-state index in [-0.39, 0.29) is 12.5 Å². The first-order valence-electron chi connectivity index (χ1n) is 9.74. The van der Waals surface area contributed by atoms with Gasteiger partial charge in [-0.1, -0.05) is 0 Å². The van der Waals surface area contributed by atoms with Crippen LogP contribution in [0.4, 0.5) is 22.0 Å². The van der Waals surface area contributed by atoms with Crippen LogP contribution >= 0.6 is 0 Å². The van der Waals surface area contributed by atoms with Gasteiger partial charge in [-0.25, -0.2) is 8.78 Å². The number of halogens is 5. The highest BCUT2D eigenvalue weighted by atomic mass is 19.4. The molecular weight excluding hydrogens is 411 g/mol. The van der Waals surface area contributed by atoms with Gasteiger partial charge >= 0.3 is 6.18 Å². The third kappa shape index (κ3) is 4.29. The van der Waals surface area contributed by atoms with Crippen molar-refractivity contribution in [1.29, 1.82) is 0 Å². The second-order valence-electron chi connectivity index (χ2n) is 8.11. The van der Waals surface area contributed by atoms with Crippen LogP contribution in [0.25, 0.3) is 0 Å². The topological polar surface area (TPSA) is 76.5 Å². The van der Waals surface area contributed by atoms with Crippen LogP contribution in [0.2, 0.25) is 0 Å². The van der Waals surface area contributed by atoms with Crippen molar-refractivity contribution in [3.8, 4) is 0 Å². The lowest BCUT2D eigenvalue weighted by atomic mass is 9.85. The quantitative estimate of drug-likeness (QED) is 0.712. The molecule has 2 aliphatic heterocycles. The number of fused-ring (bicyclic) bond motifs is 1. The average molecular weight is 434 g/mol. The van der Waals surface area contributed by atoms with Crippen LogP contribution in [0.1, 0.15) is 24.1 Å². The Morgan fingerprint density at radius 3 is 2.70 bits per heavy atom. The molecular formula is C19H23F5N4O2. The van der Waals surface area contributed by atoms with Gasteiger partial charge in [-0.15, -0.1) is 0 Å². The van der Waals surface area contributed by atoms with E-state index in [1.807, 2.05) is 0 Å². The summed E-state index contributed by atoms with van der Waals surface area (Å²) < 4.78 is 72.2. The molecule has 3 N–H and O–H groups in total. The second-order valence-corrected chi connectivity index (χ2v) is 8.11. The molecule has 0 radical (unpaired) electrons. The number of alkyl halides is 3. The van der Waals surface area contributed by atoms with Gasteiger partial charge in [0.1, 0.15) is 11.7 Å². The molecule has 1 unspecified atom stereocenters. The summed E-state index contributed by atoms with van der Waals surface area (Å²) in [6.45, 7) is 0.536. The molecule has 30 heavy (non-hydrogen) atoms. The SMILES string of the molecule is N[C@H]1C[C@@H](N2Cc3cn(C[C@@H](O)C(F)(F)F)nc3C2)CO[C@@H]1C1CC(F)=CC=C1F. The predicted octanol–water partition coefficient (Wildman–Crippen LogP) is 2.33. The number of ether oxygens (including phenoxy) is 1. The first kappa shape index (κ1) is 21.4. The molecule has 1 saturated heterocycles. The molecule has 0 bridgehead atoms. The zero-order valence-electron chi connectivity index (χ0n) is 16.0. The Labute approximate surface area is 169 Å². The molecule has 166 valence electrons. The van der Waals surface area contributed by atoms with E-state index in [2.05, 4.69) is 10.00 Å². The van der Waals surface area contributed by atoms with Gasteiger partial charge in [0.05, 0.1) is 24.9 Å². The van der Waals surface area contributed by atoms with Crippen LogP contribution in [-0.2, 0) is 24.4 Å². The Hall–Kier alpha value is -1.82. The van der Waals surface area contributed by atoms with Crippen LogP contribution in [0.5, 0.6) is 0 Å². The Morgan fingerprint density at radius 1 is 1.27 bits per heavy atom. The van der Waals surface area contributed by atoms with Crippen molar-refractivity contribution in [3.05, 3.63) is 41.3 Å². The van der Waals surface area contributed by atoms with Crippen LogP contribution < -0.4 is 5.73 Å². The van der Waals surface area contributed by atoms with E-state index < -0.39 is 48.5 Å². The van der Waals surface area contributed by atoms with Gasteiger partial charge in [0.25, 0.3) is 0 Å². The Bertz CT molecular complexity index is 829. The van der Waals surface area contributed by atoms with E-state index in [0.29, 0.717) is 31.8 Å². The molecule has 0 aromatic carbocycles. The summed E-state index contributed by atoms with van der Waals surface area (Å²) in [6.07, 6.45) is -3.60. The average Bonchev–Trinajstić information content (AvgIpc) is 3.21. The number of hydrogen-bond donors (Lipinski definition) is 2. The third-order valence-corrected chi connectivity index (χ3v) is 5.94. The normalized spacial score (nSPS) is 31.3. The molecule has 0 spiro atoms. The number of rotatable bonds is 4. The second kappa shape index (κ2) is 8.03. The Morgan fingerprint density at radius 2 is 2.03 bits per heavy atom. The minimum atomic E-state index is -4.69. The van der Waals surface area contributed by atoms with Crippen molar-refractivity contribution in [2.75, 3.05) is 6.61 Å². The number of nitrogens with two attached hydrogens (primary N) is 1. The van der Waals surface area contributed by atoms with Gasteiger partial charge < -0.3 is 15.6 Å². The minimum Gasteiger partial charge on any atom is -0.382 e. The van der Waals surface area contributed by atoms with Gasteiger partial charge in [0.15, 0.2) is 6.10 Å². The van der Waals surface area contributed by atoms with Crippen molar-refractivity contribution in [1.82, 2.24) is 14.7 Å². The minimum absolute atomic E-state index is 0.0596. The van der Waals surface area contributed by atoms with E-state index >= 15 is 0 Å². The van der Waals surface area contributed by atoms with Gasteiger partial charge in [-0.05, 0) is 18.6 Å². The molecule has 1 aromatic rings. The van der Waals surface area contributed by atoms with Crippen molar-refractivity contribution in [2.24, 2.45) is 11.7 Å². The number of aromatic nitrogens is 2. The molecule has 3 aliphatic rings. The highest BCUT2D eigenvalue weighted by Gasteiger charge is 2.41. The molecule has 11 heteroatoms. The van der Waals surface area contributed by atoms with Crippen LogP contribution in [0, 0.1) is 5.92 Å². The fraction of sp³-hybridized carbons (Fsp3) is 0.632. The predicted molar refractivity (Wildman–Crippen MR) is 96.1 cm³/mol. The standard InChI is InChI=1S/C19H23F5N4O2/c20-11-1-2-14(21)13(3-11)18-15(25)4-12(9-30-18)27-5-10-6-28(26-16(10)7-27)8-17(29)19(22,23)24/h1-2,6,12-13,15,17-18,29H,3-5,7-9,25H2/t12-,13?,15+,17-,18-/m1/s1. The van der Waals surface area contributed by atoms with E-state index in [1.165, 1.54) is 6.20 Å². The Kier molecular flexibility index (Phi) is 5.73. The van der Waals surface area contributed by atoms with E-state index in [4.69, 9.17) is 10.5 Å². The molecule has 0 saturated carbocycles. The monoisotopic (exact) mass is 434 g/mol. The van der Waals surface area contributed by atoms with Gasteiger partial charge in [-0.3, -0.25) is 9.58 Å². The molecule has 6 nitrogen and oxygen atoms in total. The molecule has 0 amide bonds. The van der Waals surface area contributed by atoms with Gasteiger partial charge in [0.2, 0.25) is 0 Å². The summed E-state index contributed by atoms with van der Waals surface area (Å²) in [5, 5.41) is 13.4. The summed E-state index contributed by atoms with van der Waals surface area (Å²) in [7, 11) is 0. The largest absolute Gasteiger partial charge is 0.416 e. The molecule has 1 aromatic heterocycles. The van der Waals surface area contributed by atoms with Crippen molar-refractivity contribution in [3.63, 3.8) is 0 Å². The lowest BCUT2D eigenvalue weighted by Crippen LogP contribution is -2.53. The highest BCUT2D eigenvalue weighted by molar-refractivity contribution is 5.23. The maximum atomic E-state index is 14.1. The van der Waals surface area contributed by atoms with Crippen molar-refractivity contribution in [2.45, 2.75) is 62.9 Å². The lowest BCUT2D eigenvalue weighted by Gasteiger charge is -2.41. The number of hydrogen-bond acceptors (Lipinski definition) is 5. The zero-order chi connectivity index (χ0) is 21.6. The maximum Gasteiger partial charge on any atom is 0.416 e. The van der Waals surface area contributed by atoms with E-state index in [9.17, 15) is 27.1 Å². The van der Waals surface area contributed by atoms with Crippen molar-refractivity contribution < 1.29 is 31.8 Å². The van der Waals surface area contributed by atoms with Gasteiger partial charge in [0, 0.05) is 49.3 Å². The van der Waals surface area contributed by atoms with Crippen LogP contribution in [0.15, 0.2) is 30.0 Å². The first-order chi connectivity index (χ1) is 14.1. The number of aliphatic hydroxyl groups is 1. The lowest BCUT2D eigenvalue weighted by molar-refractivity contribution is -0.208. The maximum absolute atomic E-state index is 14.1. The summed E-state index contributed by atoms with van der Waals surface area (Å²) in [4.78, 5) is 2.06. The fourth-order valence-electron chi connectivity index (χ4n) is 4.34. The third-order valence-electron chi connectivity index (χ3n) is 5.94. The smallest absolute Gasteiger partial charge is 0.382 e. The van der Waals surface area contributed by atoms with E-state index in [1.54, 1.807) is 0 Å². The summed E-state index contributed by atoms with van der Waals surface area (Å²) >= 11 is 0. The molecule has 1 aliphatic carbocycles. The molecule has 1 fully saturated rings.